The number of hydrogen-bond acceptors (Lipinski definition) is 3. The number of hydrogen-bond donors (Lipinski definition) is 1. The van der Waals surface area contributed by atoms with Crippen LogP contribution in [0.1, 0.15) is 19.4 Å². The lowest BCUT2D eigenvalue weighted by Crippen LogP contribution is -2.48. The van der Waals surface area contributed by atoms with Gasteiger partial charge in [-0.05, 0) is 30.3 Å². The van der Waals surface area contributed by atoms with Crippen molar-refractivity contribution < 1.29 is 4.79 Å². The molecule has 110 valence electrons. The highest BCUT2D eigenvalue weighted by molar-refractivity contribution is 9.10. The summed E-state index contributed by atoms with van der Waals surface area (Å²) in [5.74, 6) is 0.174. The number of rotatable bonds is 4. The quantitative estimate of drug-likeness (QED) is 0.913. The molecule has 1 aromatic rings. The molecule has 1 heterocycles. The summed E-state index contributed by atoms with van der Waals surface area (Å²) in [7, 11) is 0. The number of anilines is 1. The highest BCUT2D eigenvalue weighted by atomic mass is 79.9. The van der Waals surface area contributed by atoms with Crippen molar-refractivity contribution in [1.82, 2.24) is 10.2 Å². The first kappa shape index (κ1) is 15.3. The molecule has 0 unspecified atom stereocenters. The predicted molar refractivity (Wildman–Crippen MR) is 86.0 cm³/mol. The molecule has 0 bridgehead atoms. The number of halogens is 1. The van der Waals surface area contributed by atoms with E-state index in [2.05, 4.69) is 51.3 Å². The fourth-order valence-electron chi connectivity index (χ4n) is 2.53. The van der Waals surface area contributed by atoms with Crippen LogP contribution < -0.4 is 10.2 Å². The fourth-order valence-corrected chi connectivity index (χ4v) is 2.93. The topological polar surface area (TPSA) is 35.6 Å². The first-order chi connectivity index (χ1) is 9.61. The molecule has 0 spiro atoms. The van der Waals surface area contributed by atoms with Crippen molar-refractivity contribution in [2.75, 3.05) is 37.6 Å². The van der Waals surface area contributed by atoms with Crippen LogP contribution in [0.15, 0.2) is 22.7 Å². The number of nitrogens with zero attached hydrogens (tertiary/aromatic N) is 2. The van der Waals surface area contributed by atoms with Crippen LogP contribution in [0.3, 0.4) is 0 Å². The Labute approximate surface area is 129 Å². The highest BCUT2D eigenvalue weighted by Gasteiger charge is 2.20. The highest BCUT2D eigenvalue weighted by Crippen LogP contribution is 2.25. The van der Waals surface area contributed by atoms with E-state index in [1.165, 1.54) is 11.3 Å². The smallest absolute Gasteiger partial charge is 0.219 e. The lowest BCUT2D eigenvalue weighted by Gasteiger charge is -2.36. The molecule has 1 N–H and O–H groups in total. The molecule has 5 heteroatoms. The first-order valence-corrected chi connectivity index (χ1v) is 7.90. The second-order valence-corrected chi connectivity index (χ2v) is 5.96. The Balaban J connectivity index is 2.10. The molecule has 1 amide bonds. The van der Waals surface area contributed by atoms with E-state index in [-0.39, 0.29) is 5.91 Å². The molecule has 0 atom stereocenters. The third kappa shape index (κ3) is 3.73. The maximum absolute atomic E-state index is 11.4. The maximum atomic E-state index is 11.4. The van der Waals surface area contributed by atoms with Crippen molar-refractivity contribution >= 4 is 27.5 Å². The second kappa shape index (κ2) is 7.09. The Bertz CT molecular complexity index is 470. The summed E-state index contributed by atoms with van der Waals surface area (Å²) in [6.45, 7) is 9.02. The van der Waals surface area contributed by atoms with E-state index in [9.17, 15) is 4.79 Å². The van der Waals surface area contributed by atoms with Crippen molar-refractivity contribution in [2.45, 2.75) is 20.4 Å². The summed E-state index contributed by atoms with van der Waals surface area (Å²) >= 11 is 3.54. The summed E-state index contributed by atoms with van der Waals surface area (Å²) in [6, 6.07) is 6.43. The Morgan fingerprint density at radius 3 is 2.60 bits per heavy atom. The molecule has 1 aromatic carbocycles. The molecule has 1 fully saturated rings. The summed E-state index contributed by atoms with van der Waals surface area (Å²) in [5.41, 5.74) is 2.58. The van der Waals surface area contributed by atoms with Gasteiger partial charge in [-0.2, -0.15) is 0 Å². The van der Waals surface area contributed by atoms with Gasteiger partial charge in [0.05, 0.1) is 0 Å². The zero-order valence-corrected chi connectivity index (χ0v) is 13.7. The van der Waals surface area contributed by atoms with Crippen LogP contribution in [0, 0.1) is 0 Å². The molecular formula is C15H22BrN3O. The minimum Gasteiger partial charge on any atom is -0.368 e. The Morgan fingerprint density at radius 2 is 2.00 bits per heavy atom. The maximum Gasteiger partial charge on any atom is 0.219 e. The van der Waals surface area contributed by atoms with Gasteiger partial charge in [0, 0.05) is 49.8 Å². The number of benzene rings is 1. The minimum absolute atomic E-state index is 0.174. The lowest BCUT2D eigenvalue weighted by molar-refractivity contribution is -0.129. The normalized spacial score (nSPS) is 15.6. The minimum atomic E-state index is 0.174. The van der Waals surface area contributed by atoms with Crippen LogP contribution in [-0.4, -0.2) is 43.5 Å². The standard InChI is InChI=1S/C15H22BrN3O/c1-3-17-11-13-10-14(16)4-5-15(13)19-8-6-18(7-9-19)12(2)20/h4-5,10,17H,3,6-9,11H2,1-2H3. The van der Waals surface area contributed by atoms with Gasteiger partial charge in [-0.1, -0.05) is 22.9 Å². The van der Waals surface area contributed by atoms with E-state index >= 15 is 0 Å². The van der Waals surface area contributed by atoms with Crippen molar-refractivity contribution in [3.63, 3.8) is 0 Å². The van der Waals surface area contributed by atoms with Gasteiger partial charge in [-0.25, -0.2) is 0 Å². The molecule has 4 nitrogen and oxygen atoms in total. The molecule has 0 saturated carbocycles. The van der Waals surface area contributed by atoms with Crippen LogP contribution in [-0.2, 0) is 11.3 Å². The van der Waals surface area contributed by atoms with E-state index < -0.39 is 0 Å². The Hall–Kier alpha value is -1.07. The van der Waals surface area contributed by atoms with Gasteiger partial charge in [-0.3, -0.25) is 4.79 Å². The van der Waals surface area contributed by atoms with E-state index in [1.54, 1.807) is 6.92 Å². The molecular weight excluding hydrogens is 318 g/mol. The van der Waals surface area contributed by atoms with Gasteiger partial charge in [0.1, 0.15) is 0 Å². The number of carbonyl (C=O) groups excluding carboxylic acids is 1. The van der Waals surface area contributed by atoms with Crippen LogP contribution in [0.5, 0.6) is 0 Å². The SMILES string of the molecule is CCNCc1cc(Br)ccc1N1CCN(C(C)=O)CC1. The lowest BCUT2D eigenvalue weighted by atomic mass is 10.1. The Kier molecular flexibility index (Phi) is 5.43. The fraction of sp³-hybridized carbons (Fsp3) is 0.533. The number of nitrogens with one attached hydrogen (secondary N) is 1. The number of piperazine rings is 1. The van der Waals surface area contributed by atoms with Gasteiger partial charge in [0.2, 0.25) is 5.91 Å². The third-order valence-electron chi connectivity index (χ3n) is 3.67. The molecule has 2 rings (SSSR count). The third-order valence-corrected chi connectivity index (χ3v) is 4.17. The number of carbonyl (C=O) groups is 1. The summed E-state index contributed by atoms with van der Waals surface area (Å²) in [6.07, 6.45) is 0. The van der Waals surface area contributed by atoms with E-state index in [0.29, 0.717) is 0 Å². The van der Waals surface area contributed by atoms with E-state index in [4.69, 9.17) is 0 Å². The van der Waals surface area contributed by atoms with Gasteiger partial charge >= 0.3 is 0 Å². The van der Waals surface area contributed by atoms with Gasteiger partial charge in [-0.15, -0.1) is 0 Å². The van der Waals surface area contributed by atoms with Crippen LogP contribution in [0.4, 0.5) is 5.69 Å². The van der Waals surface area contributed by atoms with Crippen LogP contribution in [0.2, 0.25) is 0 Å². The summed E-state index contributed by atoms with van der Waals surface area (Å²) < 4.78 is 1.11. The largest absolute Gasteiger partial charge is 0.368 e. The van der Waals surface area contributed by atoms with Crippen molar-refractivity contribution in [2.24, 2.45) is 0 Å². The van der Waals surface area contributed by atoms with Crippen LogP contribution in [0.25, 0.3) is 0 Å². The Morgan fingerprint density at radius 1 is 1.30 bits per heavy atom. The molecule has 0 aliphatic carbocycles. The molecule has 0 aromatic heterocycles. The van der Waals surface area contributed by atoms with E-state index in [0.717, 1.165) is 43.7 Å². The average molecular weight is 340 g/mol. The number of amides is 1. The monoisotopic (exact) mass is 339 g/mol. The van der Waals surface area contributed by atoms with Gasteiger partial charge < -0.3 is 15.1 Å². The van der Waals surface area contributed by atoms with Crippen molar-refractivity contribution in [1.29, 1.82) is 0 Å². The molecule has 1 aliphatic rings. The summed E-state index contributed by atoms with van der Waals surface area (Å²) in [4.78, 5) is 15.7. The molecule has 1 aliphatic heterocycles. The van der Waals surface area contributed by atoms with Gasteiger partial charge in [0.15, 0.2) is 0 Å². The molecule has 1 saturated heterocycles. The zero-order chi connectivity index (χ0) is 14.5. The van der Waals surface area contributed by atoms with Crippen molar-refractivity contribution in [3.8, 4) is 0 Å². The molecule has 0 radical (unpaired) electrons. The second-order valence-electron chi connectivity index (χ2n) is 5.05. The summed E-state index contributed by atoms with van der Waals surface area (Å²) in [5, 5.41) is 3.39. The zero-order valence-electron chi connectivity index (χ0n) is 12.2. The van der Waals surface area contributed by atoms with Crippen LogP contribution >= 0.6 is 15.9 Å². The average Bonchev–Trinajstić information content (AvgIpc) is 2.45. The predicted octanol–water partition coefficient (Wildman–Crippen LogP) is 2.23. The van der Waals surface area contributed by atoms with Crippen molar-refractivity contribution in [3.05, 3.63) is 28.2 Å². The molecule has 20 heavy (non-hydrogen) atoms. The van der Waals surface area contributed by atoms with Gasteiger partial charge in [0.25, 0.3) is 0 Å². The first-order valence-electron chi connectivity index (χ1n) is 7.11. The van der Waals surface area contributed by atoms with E-state index in [1.807, 2.05) is 4.90 Å².